The first-order chi connectivity index (χ1) is 8.98. The molecule has 0 saturated carbocycles. The Morgan fingerprint density at radius 2 is 2.11 bits per heavy atom. The minimum absolute atomic E-state index is 0.0589. The van der Waals surface area contributed by atoms with Crippen LogP contribution >= 0.6 is 0 Å². The molecule has 19 heavy (non-hydrogen) atoms. The number of carboxylic acids is 1. The molecule has 1 saturated heterocycles. The number of amides is 1. The van der Waals surface area contributed by atoms with E-state index in [2.05, 4.69) is 0 Å². The number of hydrogen-bond acceptors (Lipinski definition) is 3. The van der Waals surface area contributed by atoms with Gasteiger partial charge in [-0.15, -0.1) is 0 Å². The molecule has 1 fully saturated rings. The van der Waals surface area contributed by atoms with Crippen LogP contribution in [0, 0.1) is 0 Å². The molecule has 1 N–H and O–H groups in total. The Bertz CT molecular complexity index is 474. The van der Waals surface area contributed by atoms with Crippen molar-refractivity contribution in [1.82, 2.24) is 4.90 Å². The number of carboxylic acid groups (broad SMARTS) is 1. The van der Waals surface area contributed by atoms with Gasteiger partial charge in [-0.3, -0.25) is 9.59 Å². The average Bonchev–Trinajstić information content (AvgIpc) is 2.34. The molecule has 1 aromatic carbocycles. The number of benzene rings is 1. The molecular formula is C14H17NO4. The van der Waals surface area contributed by atoms with E-state index < -0.39 is 11.6 Å². The molecule has 5 nitrogen and oxygen atoms in total. The number of rotatable bonds is 4. The van der Waals surface area contributed by atoms with Crippen molar-refractivity contribution in [1.29, 1.82) is 0 Å². The second-order valence-electron chi connectivity index (χ2n) is 5.04. The van der Waals surface area contributed by atoms with Gasteiger partial charge < -0.3 is 14.7 Å². The van der Waals surface area contributed by atoms with Crippen LogP contribution in [-0.4, -0.2) is 40.6 Å². The number of hydrogen-bond donors (Lipinski definition) is 1. The first-order valence-corrected chi connectivity index (χ1v) is 6.16. The van der Waals surface area contributed by atoms with Crippen LogP contribution in [0.2, 0.25) is 0 Å². The number of ether oxygens (including phenoxy) is 1. The van der Waals surface area contributed by atoms with Crippen LogP contribution in [-0.2, 0) is 20.9 Å². The quantitative estimate of drug-likeness (QED) is 0.888. The first-order valence-electron chi connectivity index (χ1n) is 6.16. The Labute approximate surface area is 111 Å². The predicted octanol–water partition coefficient (Wildman–Crippen LogP) is 1.28. The van der Waals surface area contributed by atoms with E-state index in [-0.39, 0.29) is 18.9 Å². The van der Waals surface area contributed by atoms with Gasteiger partial charge in [-0.1, -0.05) is 30.3 Å². The second kappa shape index (κ2) is 5.40. The first kappa shape index (κ1) is 13.5. The van der Waals surface area contributed by atoms with Crippen molar-refractivity contribution in [3.05, 3.63) is 35.9 Å². The summed E-state index contributed by atoms with van der Waals surface area (Å²) >= 11 is 0. The highest BCUT2D eigenvalue weighted by atomic mass is 16.5. The summed E-state index contributed by atoms with van der Waals surface area (Å²) in [7, 11) is 0. The van der Waals surface area contributed by atoms with Crippen molar-refractivity contribution in [2.75, 3.05) is 13.2 Å². The number of carbonyl (C=O) groups is 2. The summed E-state index contributed by atoms with van der Waals surface area (Å²) < 4.78 is 5.38. The summed E-state index contributed by atoms with van der Waals surface area (Å²) in [5, 5.41) is 8.89. The van der Waals surface area contributed by atoms with Gasteiger partial charge in [0.05, 0.1) is 18.6 Å². The molecule has 0 aliphatic carbocycles. The zero-order valence-electron chi connectivity index (χ0n) is 10.8. The van der Waals surface area contributed by atoms with Crippen molar-refractivity contribution in [3.8, 4) is 0 Å². The van der Waals surface area contributed by atoms with Crippen molar-refractivity contribution in [2.24, 2.45) is 0 Å². The molecule has 1 unspecified atom stereocenters. The van der Waals surface area contributed by atoms with Gasteiger partial charge in [-0.05, 0) is 12.5 Å². The monoisotopic (exact) mass is 263 g/mol. The molecule has 102 valence electrons. The van der Waals surface area contributed by atoms with Crippen LogP contribution in [0.4, 0.5) is 0 Å². The maximum Gasteiger partial charge on any atom is 0.306 e. The third-order valence-corrected chi connectivity index (χ3v) is 3.16. The zero-order chi connectivity index (χ0) is 13.9. The third-order valence-electron chi connectivity index (χ3n) is 3.16. The molecule has 0 radical (unpaired) electrons. The molecule has 5 heteroatoms. The van der Waals surface area contributed by atoms with E-state index in [1.807, 2.05) is 30.3 Å². The van der Waals surface area contributed by atoms with Gasteiger partial charge >= 0.3 is 5.97 Å². The van der Waals surface area contributed by atoms with Crippen molar-refractivity contribution in [3.63, 3.8) is 0 Å². The normalized spacial score (nSPS) is 23.4. The fourth-order valence-electron chi connectivity index (χ4n) is 2.24. The minimum atomic E-state index is -0.920. The Balaban J connectivity index is 2.06. The Hall–Kier alpha value is -1.88. The highest BCUT2D eigenvalue weighted by molar-refractivity contribution is 5.78. The molecule has 0 aromatic heterocycles. The van der Waals surface area contributed by atoms with Crippen molar-refractivity contribution < 1.29 is 19.4 Å². The van der Waals surface area contributed by atoms with E-state index >= 15 is 0 Å². The number of carbonyl (C=O) groups excluding carboxylic acids is 1. The Morgan fingerprint density at radius 1 is 1.42 bits per heavy atom. The molecule has 1 aliphatic rings. The number of nitrogens with zero attached hydrogens (tertiary/aromatic N) is 1. The van der Waals surface area contributed by atoms with Gasteiger partial charge in [0.2, 0.25) is 5.91 Å². The summed E-state index contributed by atoms with van der Waals surface area (Å²) in [5.41, 5.74) is 0.213. The zero-order valence-corrected chi connectivity index (χ0v) is 10.8. The topological polar surface area (TPSA) is 66.8 Å². The Kier molecular flexibility index (Phi) is 3.85. The van der Waals surface area contributed by atoms with Crippen LogP contribution in [0.1, 0.15) is 18.9 Å². The molecule has 0 bridgehead atoms. The SMILES string of the molecule is CC1(CC(=O)O)CN(Cc2ccccc2)C(=O)CO1. The van der Waals surface area contributed by atoms with E-state index in [9.17, 15) is 9.59 Å². The molecule has 1 aliphatic heterocycles. The van der Waals surface area contributed by atoms with Crippen LogP contribution < -0.4 is 0 Å². The van der Waals surface area contributed by atoms with E-state index in [1.54, 1.807) is 11.8 Å². The lowest BCUT2D eigenvalue weighted by molar-refractivity contribution is -0.169. The molecule has 1 amide bonds. The van der Waals surface area contributed by atoms with Crippen molar-refractivity contribution >= 4 is 11.9 Å². The van der Waals surface area contributed by atoms with Gasteiger partial charge in [0.1, 0.15) is 6.61 Å². The summed E-state index contributed by atoms with van der Waals surface area (Å²) in [6.45, 7) is 2.45. The third kappa shape index (κ3) is 3.54. The molecule has 1 heterocycles. The molecular weight excluding hydrogens is 246 g/mol. The maximum atomic E-state index is 11.8. The van der Waals surface area contributed by atoms with E-state index in [0.29, 0.717) is 13.1 Å². The molecule has 2 rings (SSSR count). The average molecular weight is 263 g/mol. The van der Waals surface area contributed by atoms with E-state index in [0.717, 1.165) is 5.56 Å². The lowest BCUT2D eigenvalue weighted by Crippen LogP contribution is -2.53. The number of morpholine rings is 1. The van der Waals surface area contributed by atoms with Crippen LogP contribution in [0.5, 0.6) is 0 Å². The summed E-state index contributed by atoms with van der Waals surface area (Å²) in [4.78, 5) is 24.3. The standard InChI is InChI=1S/C14H17NO4/c1-14(7-13(17)18)10-15(12(16)9-19-14)8-11-5-3-2-4-6-11/h2-6H,7-10H2,1H3,(H,17,18). The van der Waals surface area contributed by atoms with Gasteiger partial charge in [0.15, 0.2) is 0 Å². The highest BCUT2D eigenvalue weighted by Crippen LogP contribution is 2.23. The van der Waals surface area contributed by atoms with E-state index in [1.165, 1.54) is 0 Å². The molecule has 1 aromatic rings. The van der Waals surface area contributed by atoms with Gasteiger partial charge in [-0.25, -0.2) is 0 Å². The lowest BCUT2D eigenvalue weighted by atomic mass is 9.99. The smallest absolute Gasteiger partial charge is 0.306 e. The summed E-state index contributed by atoms with van der Waals surface area (Å²) in [6.07, 6.45) is -0.106. The minimum Gasteiger partial charge on any atom is -0.481 e. The van der Waals surface area contributed by atoms with Crippen LogP contribution in [0.15, 0.2) is 30.3 Å². The fourth-order valence-corrected chi connectivity index (χ4v) is 2.24. The van der Waals surface area contributed by atoms with Gasteiger partial charge in [0.25, 0.3) is 0 Å². The molecule has 0 spiro atoms. The predicted molar refractivity (Wildman–Crippen MR) is 68.5 cm³/mol. The number of aliphatic carboxylic acids is 1. The van der Waals surface area contributed by atoms with Crippen LogP contribution in [0.25, 0.3) is 0 Å². The Morgan fingerprint density at radius 3 is 2.74 bits per heavy atom. The second-order valence-corrected chi connectivity index (χ2v) is 5.04. The largest absolute Gasteiger partial charge is 0.481 e. The van der Waals surface area contributed by atoms with E-state index in [4.69, 9.17) is 9.84 Å². The van der Waals surface area contributed by atoms with Gasteiger partial charge in [-0.2, -0.15) is 0 Å². The van der Waals surface area contributed by atoms with Gasteiger partial charge in [0, 0.05) is 6.54 Å². The lowest BCUT2D eigenvalue weighted by Gasteiger charge is -2.39. The molecule has 1 atom stereocenters. The van der Waals surface area contributed by atoms with Crippen LogP contribution in [0.3, 0.4) is 0 Å². The fraction of sp³-hybridized carbons (Fsp3) is 0.429. The summed E-state index contributed by atoms with van der Waals surface area (Å²) in [6, 6.07) is 9.63. The van der Waals surface area contributed by atoms with Crippen molar-refractivity contribution in [2.45, 2.75) is 25.5 Å². The maximum absolute atomic E-state index is 11.8. The highest BCUT2D eigenvalue weighted by Gasteiger charge is 2.37. The summed E-state index contributed by atoms with van der Waals surface area (Å²) in [5.74, 6) is -1.02.